The Bertz CT molecular complexity index is 353. The summed E-state index contributed by atoms with van der Waals surface area (Å²) in [4.78, 5) is 16.4. The lowest BCUT2D eigenvalue weighted by Gasteiger charge is -2.30. The monoisotopic (exact) mass is 265 g/mol. The van der Waals surface area contributed by atoms with Crippen LogP contribution >= 0.6 is 0 Å². The van der Waals surface area contributed by atoms with Gasteiger partial charge in [-0.3, -0.25) is 9.69 Å². The van der Waals surface area contributed by atoms with E-state index in [9.17, 15) is 4.79 Å². The van der Waals surface area contributed by atoms with Gasteiger partial charge in [0.1, 0.15) is 0 Å². The van der Waals surface area contributed by atoms with Gasteiger partial charge in [-0.2, -0.15) is 0 Å². The van der Waals surface area contributed by atoms with Crippen LogP contribution in [0.2, 0.25) is 0 Å². The number of nitrogens with zero attached hydrogens (tertiary/aromatic N) is 2. The van der Waals surface area contributed by atoms with E-state index < -0.39 is 0 Å². The van der Waals surface area contributed by atoms with Gasteiger partial charge in [-0.1, -0.05) is 12.5 Å². The third-order valence-electron chi connectivity index (χ3n) is 4.69. The molecule has 19 heavy (non-hydrogen) atoms. The molecule has 4 heteroatoms. The number of likely N-dealkylation sites (N-methyl/N-ethyl adjacent to an activating group) is 2. The second-order valence-electron chi connectivity index (χ2n) is 5.95. The van der Waals surface area contributed by atoms with Crippen molar-refractivity contribution in [3.05, 3.63) is 11.8 Å². The fraction of sp³-hybridized carbons (Fsp3) is 0.800. The Kier molecular flexibility index (Phi) is 4.99. The third-order valence-corrected chi connectivity index (χ3v) is 4.69. The van der Waals surface area contributed by atoms with Crippen molar-refractivity contribution in [1.82, 2.24) is 9.80 Å². The van der Waals surface area contributed by atoms with Crippen LogP contribution in [0.3, 0.4) is 0 Å². The van der Waals surface area contributed by atoms with E-state index in [4.69, 9.17) is 5.73 Å². The summed E-state index contributed by atoms with van der Waals surface area (Å²) in [6.45, 7) is 1.25. The first-order chi connectivity index (χ1) is 9.13. The molecule has 2 aliphatic carbocycles. The molecular weight excluding hydrogens is 238 g/mol. The molecule has 2 unspecified atom stereocenters. The SMILES string of the molecule is CN(C(=O)CN(C)C1CCCC1CN)C1=CCCC1. The summed E-state index contributed by atoms with van der Waals surface area (Å²) in [5.41, 5.74) is 7.02. The van der Waals surface area contributed by atoms with Crippen molar-refractivity contribution in [2.75, 3.05) is 27.2 Å². The molecule has 0 saturated heterocycles. The van der Waals surface area contributed by atoms with Crippen molar-refractivity contribution < 1.29 is 4.79 Å². The molecule has 0 radical (unpaired) electrons. The number of allylic oxidation sites excluding steroid dienone is 2. The van der Waals surface area contributed by atoms with Crippen LogP contribution in [0.1, 0.15) is 38.5 Å². The highest BCUT2D eigenvalue weighted by molar-refractivity contribution is 5.79. The molecule has 2 rings (SSSR count). The molecule has 0 aromatic heterocycles. The van der Waals surface area contributed by atoms with Crippen molar-refractivity contribution in [2.45, 2.75) is 44.6 Å². The Morgan fingerprint density at radius 1 is 1.37 bits per heavy atom. The molecule has 2 atom stereocenters. The molecule has 108 valence electrons. The standard InChI is InChI=1S/C15H27N3O/c1-17(14-9-5-6-12(14)10-16)11-15(19)18(2)13-7-3-4-8-13/h7,12,14H,3-6,8-11,16H2,1-2H3. The zero-order chi connectivity index (χ0) is 13.8. The predicted octanol–water partition coefficient (Wildman–Crippen LogP) is 1.57. The number of nitrogens with two attached hydrogens (primary N) is 1. The van der Waals surface area contributed by atoms with Crippen molar-refractivity contribution in [1.29, 1.82) is 0 Å². The van der Waals surface area contributed by atoms with Crippen LogP contribution in [0, 0.1) is 5.92 Å². The van der Waals surface area contributed by atoms with Gasteiger partial charge in [0.25, 0.3) is 0 Å². The van der Waals surface area contributed by atoms with Crippen molar-refractivity contribution >= 4 is 5.91 Å². The summed E-state index contributed by atoms with van der Waals surface area (Å²) in [5.74, 6) is 0.770. The topological polar surface area (TPSA) is 49.6 Å². The molecule has 0 aromatic rings. The van der Waals surface area contributed by atoms with E-state index in [1.807, 2.05) is 11.9 Å². The Balaban J connectivity index is 1.87. The minimum atomic E-state index is 0.207. The first kappa shape index (κ1) is 14.5. The molecule has 0 aromatic carbocycles. The van der Waals surface area contributed by atoms with Gasteiger partial charge in [0.2, 0.25) is 5.91 Å². The maximum Gasteiger partial charge on any atom is 0.240 e. The minimum Gasteiger partial charge on any atom is -0.330 e. The van der Waals surface area contributed by atoms with Crippen LogP contribution in [0.5, 0.6) is 0 Å². The lowest BCUT2D eigenvalue weighted by Crippen LogP contribution is -2.43. The average molecular weight is 265 g/mol. The van der Waals surface area contributed by atoms with E-state index in [2.05, 4.69) is 18.0 Å². The summed E-state index contributed by atoms with van der Waals surface area (Å²) in [5, 5.41) is 0. The molecule has 0 aliphatic heterocycles. The van der Waals surface area contributed by atoms with E-state index in [0.717, 1.165) is 19.4 Å². The second-order valence-corrected chi connectivity index (χ2v) is 5.95. The van der Waals surface area contributed by atoms with Gasteiger partial charge in [0.15, 0.2) is 0 Å². The highest BCUT2D eigenvalue weighted by Gasteiger charge is 2.30. The van der Waals surface area contributed by atoms with E-state index in [1.54, 1.807) is 0 Å². The van der Waals surface area contributed by atoms with Gasteiger partial charge in [-0.25, -0.2) is 0 Å². The molecule has 1 saturated carbocycles. The van der Waals surface area contributed by atoms with Crippen molar-refractivity contribution in [2.24, 2.45) is 11.7 Å². The molecule has 2 N–H and O–H groups in total. The van der Waals surface area contributed by atoms with Crippen LogP contribution < -0.4 is 5.73 Å². The van der Waals surface area contributed by atoms with Gasteiger partial charge in [0, 0.05) is 18.8 Å². The summed E-state index contributed by atoms with van der Waals surface area (Å²) < 4.78 is 0. The first-order valence-corrected chi connectivity index (χ1v) is 7.49. The van der Waals surface area contributed by atoms with Crippen molar-refractivity contribution in [3.8, 4) is 0 Å². The number of amides is 1. The maximum absolute atomic E-state index is 12.3. The number of rotatable bonds is 5. The summed E-state index contributed by atoms with van der Waals surface area (Å²) in [6.07, 6.45) is 9.16. The Hall–Kier alpha value is -0.870. The molecular formula is C15H27N3O. The maximum atomic E-state index is 12.3. The van der Waals surface area contributed by atoms with Crippen LogP contribution in [0.25, 0.3) is 0 Å². The Morgan fingerprint density at radius 2 is 2.16 bits per heavy atom. The van der Waals surface area contributed by atoms with Gasteiger partial charge in [-0.15, -0.1) is 0 Å². The third kappa shape index (κ3) is 3.37. The smallest absolute Gasteiger partial charge is 0.240 e. The number of carbonyl (C=O) groups excluding carboxylic acids is 1. The molecule has 1 fully saturated rings. The number of hydrogen-bond donors (Lipinski definition) is 1. The molecule has 4 nitrogen and oxygen atoms in total. The second kappa shape index (κ2) is 6.53. The van der Waals surface area contributed by atoms with E-state index in [0.29, 0.717) is 18.5 Å². The van der Waals surface area contributed by atoms with Crippen LogP contribution in [-0.2, 0) is 4.79 Å². The molecule has 0 spiro atoms. The largest absolute Gasteiger partial charge is 0.330 e. The van der Waals surface area contributed by atoms with Crippen LogP contribution in [0.15, 0.2) is 11.8 Å². The van der Waals surface area contributed by atoms with Crippen molar-refractivity contribution in [3.63, 3.8) is 0 Å². The molecule has 0 heterocycles. The first-order valence-electron chi connectivity index (χ1n) is 7.49. The van der Waals surface area contributed by atoms with Crippen LogP contribution in [-0.4, -0.2) is 48.9 Å². The van der Waals surface area contributed by atoms with Gasteiger partial charge < -0.3 is 10.6 Å². The van der Waals surface area contributed by atoms with E-state index in [-0.39, 0.29) is 5.91 Å². The highest BCUT2D eigenvalue weighted by Crippen LogP contribution is 2.28. The minimum absolute atomic E-state index is 0.207. The number of hydrogen-bond acceptors (Lipinski definition) is 3. The summed E-state index contributed by atoms with van der Waals surface area (Å²) >= 11 is 0. The Labute approximate surface area is 116 Å². The number of carbonyl (C=O) groups is 1. The molecule has 0 bridgehead atoms. The van der Waals surface area contributed by atoms with E-state index in [1.165, 1.54) is 31.4 Å². The van der Waals surface area contributed by atoms with E-state index >= 15 is 0 Å². The zero-order valence-corrected chi connectivity index (χ0v) is 12.3. The fourth-order valence-corrected chi connectivity index (χ4v) is 3.43. The van der Waals surface area contributed by atoms with Gasteiger partial charge in [-0.05, 0) is 51.6 Å². The summed E-state index contributed by atoms with van der Waals surface area (Å²) in [7, 11) is 3.97. The quantitative estimate of drug-likeness (QED) is 0.821. The van der Waals surface area contributed by atoms with Crippen LogP contribution in [0.4, 0.5) is 0 Å². The normalized spacial score (nSPS) is 26.8. The predicted molar refractivity (Wildman–Crippen MR) is 77.5 cm³/mol. The molecule has 2 aliphatic rings. The zero-order valence-electron chi connectivity index (χ0n) is 12.3. The van der Waals surface area contributed by atoms with Gasteiger partial charge >= 0.3 is 0 Å². The fourth-order valence-electron chi connectivity index (χ4n) is 3.43. The van der Waals surface area contributed by atoms with Gasteiger partial charge in [0.05, 0.1) is 6.54 Å². The summed E-state index contributed by atoms with van der Waals surface area (Å²) in [6, 6.07) is 0.486. The highest BCUT2D eigenvalue weighted by atomic mass is 16.2. The molecule has 1 amide bonds. The Morgan fingerprint density at radius 3 is 2.79 bits per heavy atom. The lowest BCUT2D eigenvalue weighted by molar-refractivity contribution is -0.129. The lowest BCUT2D eigenvalue weighted by atomic mass is 10.0. The average Bonchev–Trinajstić information content (AvgIpc) is 3.08.